The monoisotopic (exact) mass is 254 g/mol. The summed E-state index contributed by atoms with van der Waals surface area (Å²) in [6.45, 7) is 1.57. The Bertz CT molecular complexity index is 351. The van der Waals surface area contributed by atoms with Crippen LogP contribution in [0.3, 0.4) is 0 Å². The second-order valence-corrected chi connectivity index (χ2v) is 4.24. The van der Waals surface area contributed by atoms with Crippen molar-refractivity contribution >= 4 is 11.8 Å². The predicted molar refractivity (Wildman–Crippen MR) is 55.1 cm³/mol. The molecule has 0 radical (unpaired) electrons. The van der Waals surface area contributed by atoms with Gasteiger partial charge in [0.25, 0.3) is 0 Å². The number of benzene rings is 1. The molecule has 0 saturated carbocycles. The Hall–Kier alpha value is -0.910. The summed E-state index contributed by atoms with van der Waals surface area (Å²) in [4.78, 5) is 0. The molecule has 0 unspecified atom stereocenters. The van der Waals surface area contributed by atoms with Crippen LogP contribution in [0, 0.1) is 12.7 Å². The molecule has 0 aromatic heterocycles. The van der Waals surface area contributed by atoms with E-state index in [4.69, 9.17) is 4.74 Å². The first kappa shape index (κ1) is 13.2. The molecule has 0 fully saturated rings. The summed E-state index contributed by atoms with van der Waals surface area (Å²) in [5.74, 6) is -0.831. The van der Waals surface area contributed by atoms with Crippen molar-refractivity contribution in [2.24, 2.45) is 0 Å². The summed E-state index contributed by atoms with van der Waals surface area (Å²) >= 11 is -0.185. The second-order valence-electron chi connectivity index (χ2n) is 3.08. The number of hydrogen-bond acceptors (Lipinski definition) is 2. The van der Waals surface area contributed by atoms with Crippen molar-refractivity contribution in [3.05, 3.63) is 29.6 Å². The minimum absolute atomic E-state index is 0.0113. The lowest BCUT2D eigenvalue weighted by Crippen LogP contribution is -2.08. The Labute approximate surface area is 94.8 Å². The first-order chi connectivity index (χ1) is 7.38. The molecule has 0 aliphatic carbocycles. The number of thioether (sulfide) groups is 1. The molecule has 1 nitrogen and oxygen atoms in total. The minimum atomic E-state index is -4.27. The van der Waals surface area contributed by atoms with Crippen molar-refractivity contribution in [2.45, 2.75) is 12.4 Å². The number of alkyl halides is 3. The van der Waals surface area contributed by atoms with E-state index in [-0.39, 0.29) is 29.9 Å². The van der Waals surface area contributed by atoms with Gasteiger partial charge in [0, 0.05) is 5.75 Å². The first-order valence-electron chi connectivity index (χ1n) is 4.48. The fourth-order valence-electron chi connectivity index (χ4n) is 1.03. The molecule has 0 saturated heterocycles. The molecule has 0 N–H and O–H groups in total. The van der Waals surface area contributed by atoms with Crippen LogP contribution in [0.15, 0.2) is 18.2 Å². The van der Waals surface area contributed by atoms with E-state index >= 15 is 0 Å². The highest BCUT2D eigenvalue weighted by molar-refractivity contribution is 8.00. The molecule has 0 heterocycles. The van der Waals surface area contributed by atoms with Gasteiger partial charge in [-0.1, -0.05) is 6.07 Å². The molecule has 16 heavy (non-hydrogen) atoms. The molecule has 1 aromatic carbocycles. The number of hydrogen-bond donors (Lipinski definition) is 0. The lowest BCUT2D eigenvalue weighted by molar-refractivity contribution is -0.0329. The molecule has 0 aliphatic heterocycles. The van der Waals surface area contributed by atoms with Crippen LogP contribution in [0.1, 0.15) is 5.56 Å². The van der Waals surface area contributed by atoms with Crippen molar-refractivity contribution < 1.29 is 22.3 Å². The van der Waals surface area contributed by atoms with Crippen LogP contribution in [-0.2, 0) is 0 Å². The molecule has 0 spiro atoms. The van der Waals surface area contributed by atoms with Crippen LogP contribution in [0.5, 0.6) is 5.75 Å². The van der Waals surface area contributed by atoms with Gasteiger partial charge in [-0.15, -0.1) is 0 Å². The van der Waals surface area contributed by atoms with Gasteiger partial charge in [-0.05, 0) is 36.4 Å². The van der Waals surface area contributed by atoms with Crippen LogP contribution in [0.25, 0.3) is 0 Å². The molecule has 90 valence electrons. The maximum Gasteiger partial charge on any atom is 0.441 e. The normalized spacial score (nSPS) is 11.6. The van der Waals surface area contributed by atoms with Crippen LogP contribution in [0.2, 0.25) is 0 Å². The highest BCUT2D eigenvalue weighted by atomic mass is 32.2. The average Bonchev–Trinajstić information content (AvgIpc) is 2.16. The third kappa shape index (κ3) is 4.74. The van der Waals surface area contributed by atoms with Crippen molar-refractivity contribution in [1.29, 1.82) is 0 Å². The Balaban J connectivity index is 2.40. The van der Waals surface area contributed by atoms with Crippen molar-refractivity contribution in [3.8, 4) is 5.75 Å². The van der Waals surface area contributed by atoms with E-state index in [1.807, 2.05) is 0 Å². The fourth-order valence-corrected chi connectivity index (χ4v) is 1.43. The van der Waals surface area contributed by atoms with Crippen molar-refractivity contribution in [2.75, 3.05) is 12.4 Å². The smallest absolute Gasteiger partial charge is 0.441 e. The van der Waals surface area contributed by atoms with Crippen molar-refractivity contribution in [3.63, 3.8) is 0 Å². The molecule has 0 atom stereocenters. The largest absolute Gasteiger partial charge is 0.490 e. The van der Waals surface area contributed by atoms with Gasteiger partial charge in [-0.3, -0.25) is 0 Å². The summed E-state index contributed by atoms with van der Waals surface area (Å²) in [6, 6.07) is 4.24. The molecule has 1 aromatic rings. The van der Waals surface area contributed by atoms with E-state index in [9.17, 15) is 17.6 Å². The Morgan fingerprint density at radius 1 is 1.31 bits per heavy atom. The molecule has 6 heteroatoms. The third-order valence-corrected chi connectivity index (χ3v) is 2.39. The number of halogens is 4. The summed E-state index contributed by atoms with van der Waals surface area (Å²) in [5, 5.41) is 0. The highest BCUT2D eigenvalue weighted by Gasteiger charge is 2.27. The van der Waals surface area contributed by atoms with Gasteiger partial charge in [0.1, 0.15) is 0 Å². The van der Waals surface area contributed by atoms with E-state index in [2.05, 4.69) is 0 Å². The van der Waals surface area contributed by atoms with Crippen LogP contribution in [0.4, 0.5) is 17.6 Å². The standard InChI is InChI=1S/C10H10F4OS/c1-7-2-3-8(11)9(6-7)15-4-5-16-10(12,13)14/h2-3,6H,4-5H2,1H3. The summed E-state index contributed by atoms with van der Waals surface area (Å²) in [5.41, 5.74) is -3.48. The van der Waals surface area contributed by atoms with Gasteiger partial charge in [0.2, 0.25) is 0 Å². The predicted octanol–water partition coefficient (Wildman–Crippen LogP) is 3.77. The molecular formula is C10H10F4OS. The topological polar surface area (TPSA) is 9.23 Å². The van der Waals surface area contributed by atoms with Crippen LogP contribution < -0.4 is 4.74 Å². The van der Waals surface area contributed by atoms with Crippen LogP contribution >= 0.6 is 11.8 Å². The zero-order valence-electron chi connectivity index (χ0n) is 8.47. The van der Waals surface area contributed by atoms with E-state index in [0.717, 1.165) is 5.56 Å². The van der Waals surface area contributed by atoms with Gasteiger partial charge >= 0.3 is 5.51 Å². The summed E-state index contributed by atoms with van der Waals surface area (Å²) in [6.07, 6.45) is 0. The first-order valence-corrected chi connectivity index (χ1v) is 5.47. The van der Waals surface area contributed by atoms with Gasteiger partial charge in [-0.2, -0.15) is 13.2 Å². The molecular weight excluding hydrogens is 244 g/mol. The Morgan fingerprint density at radius 2 is 2.00 bits per heavy atom. The van der Waals surface area contributed by atoms with E-state index < -0.39 is 11.3 Å². The fraction of sp³-hybridized carbons (Fsp3) is 0.400. The lowest BCUT2D eigenvalue weighted by atomic mass is 10.2. The summed E-state index contributed by atoms with van der Waals surface area (Å²) in [7, 11) is 0. The van der Waals surface area contributed by atoms with Gasteiger partial charge < -0.3 is 4.74 Å². The van der Waals surface area contributed by atoms with E-state index in [0.29, 0.717) is 0 Å². The molecule has 0 bridgehead atoms. The number of ether oxygens (including phenoxy) is 1. The second kappa shape index (κ2) is 5.43. The zero-order valence-corrected chi connectivity index (χ0v) is 9.29. The summed E-state index contributed by atoms with van der Waals surface area (Å²) < 4.78 is 53.3. The molecule has 0 amide bonds. The van der Waals surface area contributed by atoms with E-state index in [1.54, 1.807) is 13.0 Å². The van der Waals surface area contributed by atoms with Crippen molar-refractivity contribution in [1.82, 2.24) is 0 Å². The minimum Gasteiger partial charge on any atom is -0.490 e. The maximum absolute atomic E-state index is 13.1. The number of rotatable bonds is 4. The lowest BCUT2D eigenvalue weighted by Gasteiger charge is -2.09. The zero-order chi connectivity index (χ0) is 12.2. The van der Waals surface area contributed by atoms with Gasteiger partial charge in [-0.25, -0.2) is 4.39 Å². The maximum atomic E-state index is 13.1. The molecule has 1 rings (SSSR count). The van der Waals surface area contributed by atoms with E-state index in [1.165, 1.54) is 12.1 Å². The van der Waals surface area contributed by atoms with Crippen LogP contribution in [-0.4, -0.2) is 17.9 Å². The molecule has 0 aliphatic rings. The quantitative estimate of drug-likeness (QED) is 0.597. The number of aryl methyl sites for hydroxylation is 1. The van der Waals surface area contributed by atoms with Gasteiger partial charge in [0.15, 0.2) is 11.6 Å². The Morgan fingerprint density at radius 3 is 2.62 bits per heavy atom. The SMILES string of the molecule is Cc1ccc(F)c(OCCSC(F)(F)F)c1. The third-order valence-electron chi connectivity index (χ3n) is 1.69. The highest BCUT2D eigenvalue weighted by Crippen LogP contribution is 2.30. The van der Waals surface area contributed by atoms with Gasteiger partial charge in [0.05, 0.1) is 6.61 Å². The average molecular weight is 254 g/mol. The Kier molecular flexibility index (Phi) is 4.46.